The Balaban J connectivity index is 2.04. The summed E-state index contributed by atoms with van der Waals surface area (Å²) in [5.74, 6) is 0.377. The normalized spacial score (nSPS) is 16.8. The highest BCUT2D eigenvalue weighted by Gasteiger charge is 2.36. The lowest BCUT2D eigenvalue weighted by molar-refractivity contribution is 0.106. The first-order valence-electron chi connectivity index (χ1n) is 9.23. The summed E-state index contributed by atoms with van der Waals surface area (Å²) in [5.41, 5.74) is 2.43. The van der Waals surface area contributed by atoms with Gasteiger partial charge in [-0.1, -0.05) is 11.6 Å². The van der Waals surface area contributed by atoms with Gasteiger partial charge in [0.2, 0.25) is 0 Å². The number of hydrogen-bond donors (Lipinski definition) is 0. The van der Waals surface area contributed by atoms with E-state index in [1.165, 1.54) is 0 Å². The predicted octanol–water partition coefficient (Wildman–Crippen LogP) is 4.80. The second-order valence-corrected chi connectivity index (χ2v) is 7.70. The predicted molar refractivity (Wildman–Crippen MR) is 103 cm³/mol. The first-order chi connectivity index (χ1) is 12.3. The monoisotopic (exact) mass is 379 g/mol. The average molecular weight is 380 g/mol. The van der Waals surface area contributed by atoms with E-state index in [-0.39, 0.29) is 22.8 Å². The molecule has 1 aromatic carbocycles. The molecule has 1 saturated heterocycles. The van der Waals surface area contributed by atoms with E-state index < -0.39 is 0 Å². The number of hydrogen-bond acceptors (Lipinski definition) is 3. The van der Waals surface area contributed by atoms with Crippen LogP contribution in [-0.2, 0) is 0 Å². The van der Waals surface area contributed by atoms with Crippen molar-refractivity contribution in [1.82, 2.24) is 14.7 Å². The standard InChI is InChI=1S/C20H27ClFN3O/c1-6-26-20-16(14(5)25-8-7-13(4)23-25)9-17(21)19(22)18(20)15-10-24(11-15)12(2)3/h7-9,12,14-15H,6,10-11H2,1-5H3. The number of benzene rings is 1. The number of likely N-dealkylation sites (tertiary alicyclic amines) is 1. The molecule has 0 radical (unpaired) electrons. The number of ether oxygens (including phenoxy) is 1. The molecule has 2 heterocycles. The van der Waals surface area contributed by atoms with Gasteiger partial charge < -0.3 is 4.74 Å². The third-order valence-electron chi connectivity index (χ3n) is 5.16. The summed E-state index contributed by atoms with van der Waals surface area (Å²) in [4.78, 5) is 2.32. The van der Waals surface area contributed by atoms with Gasteiger partial charge >= 0.3 is 0 Å². The smallest absolute Gasteiger partial charge is 0.149 e. The molecule has 6 heteroatoms. The van der Waals surface area contributed by atoms with E-state index >= 15 is 0 Å². The number of halogens is 2. The largest absolute Gasteiger partial charge is 0.493 e. The van der Waals surface area contributed by atoms with E-state index in [9.17, 15) is 4.39 Å². The highest BCUT2D eigenvalue weighted by molar-refractivity contribution is 6.31. The van der Waals surface area contributed by atoms with E-state index in [2.05, 4.69) is 23.8 Å². The Bertz CT molecular complexity index is 784. The Labute approximate surface area is 159 Å². The highest BCUT2D eigenvalue weighted by atomic mass is 35.5. The van der Waals surface area contributed by atoms with Crippen LogP contribution in [0.25, 0.3) is 0 Å². The van der Waals surface area contributed by atoms with Crippen LogP contribution in [0, 0.1) is 12.7 Å². The summed E-state index contributed by atoms with van der Waals surface area (Å²) in [6.45, 7) is 12.3. The lowest BCUT2D eigenvalue weighted by Gasteiger charge is -2.43. The molecule has 0 bridgehead atoms. The van der Waals surface area contributed by atoms with Crippen molar-refractivity contribution in [3.05, 3.63) is 46.0 Å². The molecule has 3 rings (SSSR count). The van der Waals surface area contributed by atoms with Crippen LogP contribution in [0.4, 0.5) is 4.39 Å². The Hall–Kier alpha value is -1.59. The average Bonchev–Trinajstić information content (AvgIpc) is 2.97. The molecule has 2 aromatic rings. The SMILES string of the molecule is CCOc1c(C(C)n2ccc(C)n2)cc(Cl)c(F)c1C1CN(C(C)C)C1. The summed E-state index contributed by atoms with van der Waals surface area (Å²) in [5, 5.41) is 4.65. The van der Waals surface area contributed by atoms with Crippen molar-refractivity contribution in [1.29, 1.82) is 0 Å². The van der Waals surface area contributed by atoms with Gasteiger partial charge in [0.15, 0.2) is 0 Å². The zero-order valence-corrected chi connectivity index (χ0v) is 16.8. The summed E-state index contributed by atoms with van der Waals surface area (Å²) in [7, 11) is 0. The topological polar surface area (TPSA) is 30.3 Å². The first-order valence-corrected chi connectivity index (χ1v) is 9.61. The second kappa shape index (κ2) is 7.57. The summed E-state index contributed by atoms with van der Waals surface area (Å²) < 4.78 is 22.8. The molecule has 1 unspecified atom stereocenters. The lowest BCUT2D eigenvalue weighted by Crippen LogP contribution is -2.49. The molecule has 142 valence electrons. The van der Waals surface area contributed by atoms with Gasteiger partial charge in [-0.25, -0.2) is 4.39 Å². The fourth-order valence-electron chi connectivity index (χ4n) is 3.54. The third kappa shape index (κ3) is 3.47. The Morgan fingerprint density at radius 3 is 2.58 bits per heavy atom. The molecule has 0 spiro atoms. The molecular formula is C20H27ClFN3O. The van der Waals surface area contributed by atoms with Gasteiger partial charge in [-0.15, -0.1) is 0 Å². The van der Waals surface area contributed by atoms with Crippen molar-refractivity contribution in [2.45, 2.75) is 52.6 Å². The maximum Gasteiger partial charge on any atom is 0.149 e. The van der Waals surface area contributed by atoms with Gasteiger partial charge in [0.05, 0.1) is 23.4 Å². The molecule has 1 fully saturated rings. The number of nitrogens with zero attached hydrogens (tertiary/aromatic N) is 3. The molecule has 26 heavy (non-hydrogen) atoms. The fourth-order valence-corrected chi connectivity index (χ4v) is 3.76. The molecule has 0 amide bonds. The molecule has 0 N–H and O–H groups in total. The highest BCUT2D eigenvalue weighted by Crippen LogP contribution is 2.43. The van der Waals surface area contributed by atoms with Crippen LogP contribution in [0.1, 0.15) is 56.5 Å². The van der Waals surface area contributed by atoms with Crippen LogP contribution < -0.4 is 4.74 Å². The minimum absolute atomic E-state index is 0.0941. The van der Waals surface area contributed by atoms with Gasteiger partial charge in [-0.05, 0) is 46.8 Å². The van der Waals surface area contributed by atoms with Gasteiger partial charge in [-0.3, -0.25) is 9.58 Å². The van der Waals surface area contributed by atoms with Gasteiger partial charge in [0.1, 0.15) is 11.6 Å². The molecule has 1 aliphatic heterocycles. The third-order valence-corrected chi connectivity index (χ3v) is 5.44. The van der Waals surface area contributed by atoms with E-state index in [0.29, 0.717) is 24.0 Å². The molecule has 0 saturated carbocycles. The number of rotatable bonds is 6. The zero-order chi connectivity index (χ0) is 19.0. The van der Waals surface area contributed by atoms with Crippen molar-refractivity contribution < 1.29 is 9.13 Å². The van der Waals surface area contributed by atoms with Crippen LogP contribution in [0.3, 0.4) is 0 Å². The Morgan fingerprint density at radius 2 is 2.04 bits per heavy atom. The molecule has 1 aromatic heterocycles. The molecule has 4 nitrogen and oxygen atoms in total. The summed E-state index contributed by atoms with van der Waals surface area (Å²) >= 11 is 6.28. The fraction of sp³-hybridized carbons (Fsp3) is 0.550. The van der Waals surface area contributed by atoms with Crippen molar-refractivity contribution >= 4 is 11.6 Å². The maximum absolute atomic E-state index is 15.0. The van der Waals surface area contributed by atoms with E-state index in [4.69, 9.17) is 16.3 Å². The Morgan fingerprint density at radius 1 is 1.35 bits per heavy atom. The quantitative estimate of drug-likeness (QED) is 0.722. The van der Waals surface area contributed by atoms with Crippen LogP contribution in [0.2, 0.25) is 5.02 Å². The van der Waals surface area contributed by atoms with E-state index in [0.717, 1.165) is 24.3 Å². The van der Waals surface area contributed by atoms with Gasteiger partial charge in [0, 0.05) is 42.4 Å². The summed E-state index contributed by atoms with van der Waals surface area (Å²) in [6.07, 6.45) is 1.93. The minimum Gasteiger partial charge on any atom is -0.493 e. The molecule has 1 atom stereocenters. The second-order valence-electron chi connectivity index (χ2n) is 7.30. The van der Waals surface area contributed by atoms with Crippen molar-refractivity contribution in [2.75, 3.05) is 19.7 Å². The van der Waals surface area contributed by atoms with Crippen LogP contribution in [0.15, 0.2) is 18.3 Å². The summed E-state index contributed by atoms with van der Waals surface area (Å²) in [6, 6.07) is 4.00. The minimum atomic E-state index is -0.351. The van der Waals surface area contributed by atoms with Crippen LogP contribution >= 0.6 is 11.6 Å². The van der Waals surface area contributed by atoms with Crippen LogP contribution in [0.5, 0.6) is 5.75 Å². The Kier molecular flexibility index (Phi) is 5.58. The number of aromatic nitrogens is 2. The van der Waals surface area contributed by atoms with E-state index in [1.807, 2.05) is 37.7 Å². The zero-order valence-electron chi connectivity index (χ0n) is 16.1. The van der Waals surface area contributed by atoms with Gasteiger partial charge in [-0.2, -0.15) is 5.10 Å². The molecule has 1 aliphatic rings. The molecule has 0 aliphatic carbocycles. The van der Waals surface area contributed by atoms with E-state index in [1.54, 1.807) is 6.07 Å². The molecular weight excluding hydrogens is 353 g/mol. The van der Waals surface area contributed by atoms with Crippen molar-refractivity contribution in [3.8, 4) is 5.75 Å². The maximum atomic E-state index is 15.0. The first kappa shape index (κ1) is 19.2. The van der Waals surface area contributed by atoms with Crippen LogP contribution in [-0.4, -0.2) is 40.4 Å². The lowest BCUT2D eigenvalue weighted by atomic mass is 9.87. The van der Waals surface area contributed by atoms with Crippen molar-refractivity contribution in [3.63, 3.8) is 0 Å². The van der Waals surface area contributed by atoms with Gasteiger partial charge in [0.25, 0.3) is 0 Å². The van der Waals surface area contributed by atoms with Crippen molar-refractivity contribution in [2.24, 2.45) is 0 Å². The number of aryl methyl sites for hydroxylation is 1.